The molecule has 4 nitrogen and oxygen atoms in total. The fourth-order valence-electron chi connectivity index (χ4n) is 3.04. The zero-order chi connectivity index (χ0) is 18.5. The molecule has 26 heavy (non-hydrogen) atoms. The second kappa shape index (κ2) is 8.39. The van der Waals surface area contributed by atoms with Gasteiger partial charge in [-0.15, -0.1) is 0 Å². The molecule has 3 rings (SSSR count). The summed E-state index contributed by atoms with van der Waals surface area (Å²) >= 11 is 6.17. The minimum absolute atomic E-state index is 0.326. The first-order valence-corrected chi connectivity index (χ1v) is 9.32. The second-order valence-electron chi connectivity index (χ2n) is 6.26. The van der Waals surface area contributed by atoms with Crippen molar-refractivity contribution in [2.75, 3.05) is 18.4 Å². The minimum atomic E-state index is 0.326. The van der Waals surface area contributed by atoms with E-state index in [0.29, 0.717) is 10.8 Å². The molecule has 0 atom stereocenters. The molecule has 1 aromatic carbocycles. The number of rotatable bonds is 6. The summed E-state index contributed by atoms with van der Waals surface area (Å²) in [5.74, 6) is 0.326. The number of aromatic hydroxyl groups is 1. The van der Waals surface area contributed by atoms with Crippen LogP contribution in [0.3, 0.4) is 0 Å². The first-order valence-electron chi connectivity index (χ1n) is 8.94. The number of allylic oxidation sites excluding steroid dienone is 2. The Balaban J connectivity index is 1.93. The van der Waals surface area contributed by atoms with Crippen molar-refractivity contribution < 1.29 is 5.11 Å². The fourth-order valence-corrected chi connectivity index (χ4v) is 3.23. The van der Waals surface area contributed by atoms with Crippen LogP contribution in [0, 0.1) is 0 Å². The third-order valence-corrected chi connectivity index (χ3v) is 4.84. The highest BCUT2D eigenvalue weighted by Gasteiger charge is 2.08. The molecule has 136 valence electrons. The van der Waals surface area contributed by atoms with Crippen LogP contribution in [-0.4, -0.2) is 28.1 Å². The van der Waals surface area contributed by atoms with Crippen molar-refractivity contribution in [3.05, 3.63) is 57.7 Å². The van der Waals surface area contributed by atoms with Crippen LogP contribution in [0.4, 0.5) is 11.4 Å². The van der Waals surface area contributed by atoms with Gasteiger partial charge in [0.2, 0.25) is 0 Å². The number of phenols is 1. The molecule has 0 saturated carbocycles. The first-order chi connectivity index (χ1) is 12.6. The maximum atomic E-state index is 10.2. The van der Waals surface area contributed by atoms with Gasteiger partial charge in [0.15, 0.2) is 0 Å². The Bertz CT molecular complexity index is 933. The number of phenolic OH excluding ortho intramolecular Hbond substituents is 1. The maximum Gasteiger partial charge on any atom is 0.120 e. The van der Waals surface area contributed by atoms with Gasteiger partial charge in [-0.05, 0) is 49.9 Å². The molecule has 5 heteroatoms. The van der Waals surface area contributed by atoms with Gasteiger partial charge in [0.05, 0.1) is 5.35 Å². The molecule has 0 bridgehead atoms. The van der Waals surface area contributed by atoms with Crippen molar-refractivity contribution in [3.63, 3.8) is 0 Å². The Hall–Kier alpha value is -2.30. The molecular weight excluding hydrogens is 346 g/mol. The number of aromatic nitrogens is 1. The van der Waals surface area contributed by atoms with Crippen molar-refractivity contribution >= 4 is 35.1 Å². The summed E-state index contributed by atoms with van der Waals surface area (Å²) in [5, 5.41) is 16.3. The van der Waals surface area contributed by atoms with Gasteiger partial charge in [0.25, 0.3) is 0 Å². The number of hydrogen-bond donors (Lipinski definition) is 2. The predicted molar refractivity (Wildman–Crippen MR) is 109 cm³/mol. The van der Waals surface area contributed by atoms with Crippen molar-refractivity contribution in [2.24, 2.45) is 0 Å². The van der Waals surface area contributed by atoms with Gasteiger partial charge >= 0.3 is 0 Å². The molecule has 0 unspecified atom stereocenters. The van der Waals surface area contributed by atoms with Gasteiger partial charge in [-0.25, -0.2) is 0 Å². The second-order valence-corrected chi connectivity index (χ2v) is 6.70. The number of nitrogens with one attached hydrogen (secondary N) is 1. The van der Waals surface area contributed by atoms with Gasteiger partial charge in [-0.2, -0.15) is 0 Å². The van der Waals surface area contributed by atoms with Crippen molar-refractivity contribution in [2.45, 2.75) is 26.8 Å². The van der Waals surface area contributed by atoms with Crippen LogP contribution in [0.15, 0.2) is 41.6 Å². The molecule has 1 aliphatic carbocycles. The number of nitrogens with zero attached hydrogens (tertiary/aromatic N) is 2. The summed E-state index contributed by atoms with van der Waals surface area (Å²) in [6, 6.07) is 7.60. The number of pyridine rings is 1. The quantitative estimate of drug-likeness (QED) is 0.765. The number of benzene rings is 1. The van der Waals surface area contributed by atoms with Crippen LogP contribution in [0.1, 0.15) is 25.8 Å². The van der Waals surface area contributed by atoms with Crippen molar-refractivity contribution in [1.29, 1.82) is 0 Å². The van der Waals surface area contributed by atoms with Crippen molar-refractivity contribution in [3.8, 4) is 5.75 Å². The van der Waals surface area contributed by atoms with E-state index >= 15 is 0 Å². The smallest absolute Gasteiger partial charge is 0.120 e. The standard InChI is InChI=1S/C21H24ClN3O/c1-3-25(4-2)14-15-12-17(8-9-21(15)26)24-19-10-11-23-20-13-16(22)6-5-7-18(19)20/h6-13,24,26H,3-5,14H2,1-2H3. The van der Waals surface area contributed by atoms with E-state index in [9.17, 15) is 5.11 Å². The van der Waals surface area contributed by atoms with E-state index in [1.165, 1.54) is 0 Å². The maximum absolute atomic E-state index is 10.2. The Labute approximate surface area is 159 Å². The van der Waals surface area contributed by atoms with Crippen LogP contribution in [0.2, 0.25) is 0 Å². The number of halogens is 1. The van der Waals surface area contributed by atoms with Gasteiger partial charge in [0, 0.05) is 39.9 Å². The van der Waals surface area contributed by atoms with Crippen LogP contribution >= 0.6 is 11.6 Å². The van der Waals surface area contributed by atoms with Gasteiger partial charge in [-0.3, -0.25) is 9.88 Å². The highest BCUT2D eigenvalue weighted by Crippen LogP contribution is 2.24. The number of fused-ring (bicyclic) bond motifs is 1. The normalized spacial score (nSPS) is 13.3. The number of anilines is 2. The largest absolute Gasteiger partial charge is 0.508 e. The fraction of sp³-hybridized carbons (Fsp3) is 0.286. The molecule has 0 aliphatic heterocycles. The molecule has 0 fully saturated rings. The Morgan fingerprint density at radius 2 is 2.00 bits per heavy atom. The van der Waals surface area contributed by atoms with E-state index in [4.69, 9.17) is 11.6 Å². The average Bonchev–Trinajstić information content (AvgIpc) is 2.83. The van der Waals surface area contributed by atoms with Gasteiger partial charge < -0.3 is 10.4 Å². The summed E-state index contributed by atoms with van der Waals surface area (Å²) in [6.45, 7) is 6.87. The molecule has 2 aromatic rings. The lowest BCUT2D eigenvalue weighted by Gasteiger charge is -2.19. The summed E-state index contributed by atoms with van der Waals surface area (Å²) in [5.41, 5.74) is 2.83. The lowest BCUT2D eigenvalue weighted by Crippen LogP contribution is -2.29. The zero-order valence-electron chi connectivity index (χ0n) is 15.2. The van der Waals surface area contributed by atoms with Crippen LogP contribution in [0.25, 0.3) is 12.2 Å². The SMILES string of the molecule is CCN(CC)Cc1cc(Nc2ccnc3c2=CCC=C(Cl)C=3)ccc1O. The minimum Gasteiger partial charge on any atom is -0.508 e. The molecule has 0 radical (unpaired) electrons. The molecule has 1 aromatic heterocycles. The Morgan fingerprint density at radius 1 is 1.19 bits per heavy atom. The van der Waals surface area contributed by atoms with E-state index in [2.05, 4.69) is 35.1 Å². The van der Waals surface area contributed by atoms with Crippen LogP contribution in [0.5, 0.6) is 5.75 Å². The van der Waals surface area contributed by atoms with Gasteiger partial charge in [0.1, 0.15) is 5.75 Å². The molecule has 2 N–H and O–H groups in total. The molecule has 0 spiro atoms. The third kappa shape index (κ3) is 4.26. The lowest BCUT2D eigenvalue weighted by atomic mass is 10.1. The Kier molecular flexibility index (Phi) is 5.96. The van der Waals surface area contributed by atoms with E-state index in [1.54, 1.807) is 12.3 Å². The highest BCUT2D eigenvalue weighted by atomic mass is 35.5. The molecule has 1 aliphatic rings. The molecular formula is C21H24ClN3O. The third-order valence-electron chi connectivity index (χ3n) is 4.58. The van der Waals surface area contributed by atoms with Crippen molar-refractivity contribution in [1.82, 2.24) is 9.88 Å². The topological polar surface area (TPSA) is 48.4 Å². The molecule has 0 amide bonds. The Morgan fingerprint density at radius 3 is 2.77 bits per heavy atom. The molecule has 0 saturated heterocycles. The summed E-state index contributed by atoms with van der Waals surface area (Å²) in [6.07, 6.45) is 8.52. The van der Waals surface area contributed by atoms with Crippen LogP contribution in [-0.2, 0) is 6.54 Å². The summed E-state index contributed by atoms with van der Waals surface area (Å²) < 4.78 is 0. The summed E-state index contributed by atoms with van der Waals surface area (Å²) in [7, 11) is 0. The zero-order valence-corrected chi connectivity index (χ0v) is 15.9. The van der Waals surface area contributed by atoms with E-state index in [1.807, 2.05) is 30.4 Å². The first kappa shape index (κ1) is 18.5. The molecule has 1 heterocycles. The van der Waals surface area contributed by atoms with Crippen LogP contribution < -0.4 is 15.9 Å². The van der Waals surface area contributed by atoms with E-state index in [0.717, 1.165) is 53.6 Å². The monoisotopic (exact) mass is 369 g/mol. The highest BCUT2D eigenvalue weighted by molar-refractivity contribution is 6.34. The van der Waals surface area contributed by atoms with Gasteiger partial charge in [-0.1, -0.05) is 37.6 Å². The summed E-state index contributed by atoms with van der Waals surface area (Å²) in [4.78, 5) is 6.70. The number of hydrogen-bond acceptors (Lipinski definition) is 4. The lowest BCUT2D eigenvalue weighted by molar-refractivity contribution is 0.291. The average molecular weight is 370 g/mol. The van der Waals surface area contributed by atoms with E-state index < -0.39 is 0 Å². The van der Waals surface area contributed by atoms with E-state index in [-0.39, 0.29) is 0 Å². The predicted octanol–water partition coefficient (Wildman–Crippen LogP) is 3.46.